The Kier molecular flexibility index (Phi) is 5.06. The van der Waals surface area contributed by atoms with Crippen LogP contribution < -0.4 is 16.0 Å². The second-order valence-electron chi connectivity index (χ2n) is 3.84. The van der Waals surface area contributed by atoms with Gasteiger partial charge in [0.25, 0.3) is 0 Å². The van der Waals surface area contributed by atoms with E-state index in [1.807, 2.05) is 13.8 Å². The van der Waals surface area contributed by atoms with Crippen molar-refractivity contribution in [3.8, 4) is 0 Å². The molecule has 1 aromatic heterocycles. The van der Waals surface area contributed by atoms with Crippen LogP contribution in [-0.2, 0) is 11.3 Å². The molecule has 0 aliphatic heterocycles. The molecule has 17 heavy (non-hydrogen) atoms. The molecule has 0 aliphatic carbocycles. The summed E-state index contributed by atoms with van der Waals surface area (Å²) in [7, 11) is 0. The molecule has 3 amide bonds. The number of furan rings is 1. The average molecular weight is 239 g/mol. The Morgan fingerprint density at radius 2 is 2.12 bits per heavy atom. The third-order valence-electron chi connectivity index (χ3n) is 1.87. The molecule has 0 radical (unpaired) electrons. The molecule has 6 heteroatoms. The van der Waals surface area contributed by atoms with Crippen LogP contribution in [0.25, 0.3) is 0 Å². The number of amides is 3. The van der Waals surface area contributed by atoms with Crippen molar-refractivity contribution in [3.05, 3.63) is 24.2 Å². The van der Waals surface area contributed by atoms with Crippen molar-refractivity contribution in [2.75, 3.05) is 6.54 Å². The lowest BCUT2D eigenvalue weighted by Gasteiger charge is -2.09. The molecule has 1 heterocycles. The molecular formula is C11H17N3O3. The first-order valence-electron chi connectivity index (χ1n) is 5.41. The van der Waals surface area contributed by atoms with Crippen LogP contribution in [0.15, 0.2) is 22.8 Å². The lowest BCUT2D eigenvalue weighted by molar-refractivity contribution is -0.120. The molecule has 0 unspecified atom stereocenters. The van der Waals surface area contributed by atoms with E-state index in [9.17, 15) is 9.59 Å². The van der Waals surface area contributed by atoms with Gasteiger partial charge in [0.15, 0.2) is 0 Å². The molecule has 0 aromatic carbocycles. The Morgan fingerprint density at radius 1 is 1.35 bits per heavy atom. The van der Waals surface area contributed by atoms with E-state index in [1.165, 1.54) is 6.26 Å². The molecular weight excluding hydrogens is 222 g/mol. The second kappa shape index (κ2) is 6.57. The van der Waals surface area contributed by atoms with Gasteiger partial charge >= 0.3 is 6.03 Å². The van der Waals surface area contributed by atoms with Gasteiger partial charge in [-0.3, -0.25) is 4.79 Å². The standard InChI is InChI=1S/C11H17N3O3/c1-8(2)14-11(16)13-7-10(15)12-6-9-4-3-5-17-9/h3-5,8H,6-7H2,1-2H3,(H,12,15)(H2,13,14,16). The third-order valence-corrected chi connectivity index (χ3v) is 1.87. The molecule has 1 rings (SSSR count). The first kappa shape index (κ1) is 13.1. The second-order valence-corrected chi connectivity index (χ2v) is 3.84. The van der Waals surface area contributed by atoms with Crippen LogP contribution >= 0.6 is 0 Å². The molecule has 1 aromatic rings. The topological polar surface area (TPSA) is 83.4 Å². The Balaban J connectivity index is 2.15. The lowest BCUT2D eigenvalue weighted by Crippen LogP contribution is -2.44. The third kappa shape index (κ3) is 5.60. The fourth-order valence-corrected chi connectivity index (χ4v) is 1.14. The van der Waals surface area contributed by atoms with Gasteiger partial charge in [-0.05, 0) is 26.0 Å². The maximum atomic E-state index is 11.3. The van der Waals surface area contributed by atoms with Gasteiger partial charge < -0.3 is 20.4 Å². The summed E-state index contributed by atoms with van der Waals surface area (Å²) in [5.41, 5.74) is 0. The molecule has 0 spiro atoms. The lowest BCUT2D eigenvalue weighted by atomic mass is 10.4. The van der Waals surface area contributed by atoms with E-state index in [1.54, 1.807) is 12.1 Å². The van der Waals surface area contributed by atoms with Crippen molar-refractivity contribution in [1.29, 1.82) is 0 Å². The number of hydrogen-bond donors (Lipinski definition) is 3. The summed E-state index contributed by atoms with van der Waals surface area (Å²) in [6, 6.07) is 3.20. The first-order valence-corrected chi connectivity index (χ1v) is 5.41. The number of nitrogens with one attached hydrogen (secondary N) is 3. The Labute approximate surface area is 99.8 Å². The monoisotopic (exact) mass is 239 g/mol. The molecule has 0 fully saturated rings. The van der Waals surface area contributed by atoms with E-state index in [2.05, 4.69) is 16.0 Å². The molecule has 6 nitrogen and oxygen atoms in total. The van der Waals surface area contributed by atoms with Crippen LogP contribution in [-0.4, -0.2) is 24.5 Å². The van der Waals surface area contributed by atoms with E-state index in [-0.39, 0.29) is 24.5 Å². The van der Waals surface area contributed by atoms with E-state index in [0.717, 1.165) is 0 Å². The number of rotatable bonds is 5. The van der Waals surface area contributed by atoms with Crippen LogP contribution in [0.4, 0.5) is 4.79 Å². The van der Waals surface area contributed by atoms with E-state index < -0.39 is 0 Å². The SMILES string of the molecule is CC(C)NC(=O)NCC(=O)NCc1ccco1. The fraction of sp³-hybridized carbons (Fsp3) is 0.455. The van der Waals surface area contributed by atoms with Crippen molar-refractivity contribution in [3.63, 3.8) is 0 Å². The summed E-state index contributed by atoms with van der Waals surface area (Å²) in [6.07, 6.45) is 1.54. The van der Waals surface area contributed by atoms with Crippen LogP contribution in [0.3, 0.4) is 0 Å². The van der Waals surface area contributed by atoms with Crippen molar-refractivity contribution >= 4 is 11.9 Å². The van der Waals surface area contributed by atoms with Gasteiger partial charge in [0, 0.05) is 6.04 Å². The van der Waals surface area contributed by atoms with Gasteiger partial charge in [0.05, 0.1) is 19.4 Å². The van der Waals surface area contributed by atoms with Crippen LogP contribution in [0.1, 0.15) is 19.6 Å². The maximum Gasteiger partial charge on any atom is 0.315 e. The van der Waals surface area contributed by atoms with Crippen LogP contribution in [0.5, 0.6) is 0 Å². The van der Waals surface area contributed by atoms with Gasteiger partial charge in [0.2, 0.25) is 5.91 Å². The number of carbonyl (C=O) groups is 2. The molecule has 94 valence electrons. The zero-order chi connectivity index (χ0) is 12.7. The smallest absolute Gasteiger partial charge is 0.315 e. The Morgan fingerprint density at radius 3 is 2.71 bits per heavy atom. The maximum absolute atomic E-state index is 11.3. The Hall–Kier alpha value is -1.98. The normalized spacial score (nSPS) is 10.1. The molecule has 0 atom stereocenters. The fourth-order valence-electron chi connectivity index (χ4n) is 1.14. The summed E-state index contributed by atoms with van der Waals surface area (Å²) in [5, 5.41) is 7.69. The van der Waals surface area contributed by atoms with Gasteiger partial charge in [-0.15, -0.1) is 0 Å². The highest BCUT2D eigenvalue weighted by atomic mass is 16.3. The molecule has 0 bridgehead atoms. The van der Waals surface area contributed by atoms with Crippen molar-refractivity contribution < 1.29 is 14.0 Å². The highest BCUT2D eigenvalue weighted by molar-refractivity contribution is 5.83. The summed E-state index contributed by atoms with van der Waals surface area (Å²) < 4.78 is 5.05. The molecule has 3 N–H and O–H groups in total. The van der Waals surface area contributed by atoms with Gasteiger partial charge in [-0.25, -0.2) is 4.79 Å². The minimum Gasteiger partial charge on any atom is -0.467 e. The molecule has 0 aliphatic rings. The number of urea groups is 1. The predicted molar refractivity (Wildman–Crippen MR) is 62.2 cm³/mol. The van der Waals surface area contributed by atoms with E-state index in [0.29, 0.717) is 12.3 Å². The zero-order valence-corrected chi connectivity index (χ0v) is 9.95. The highest BCUT2D eigenvalue weighted by Gasteiger charge is 2.06. The highest BCUT2D eigenvalue weighted by Crippen LogP contribution is 1.97. The number of carbonyl (C=O) groups excluding carboxylic acids is 2. The van der Waals surface area contributed by atoms with E-state index >= 15 is 0 Å². The summed E-state index contributed by atoms with van der Waals surface area (Å²) in [4.78, 5) is 22.5. The van der Waals surface area contributed by atoms with Gasteiger partial charge in [0.1, 0.15) is 5.76 Å². The van der Waals surface area contributed by atoms with Crippen LogP contribution in [0.2, 0.25) is 0 Å². The molecule has 0 saturated carbocycles. The zero-order valence-electron chi connectivity index (χ0n) is 9.95. The summed E-state index contributed by atoms with van der Waals surface area (Å²) in [5.74, 6) is 0.408. The Bertz CT molecular complexity index is 360. The van der Waals surface area contributed by atoms with Crippen LogP contribution in [0, 0.1) is 0 Å². The largest absolute Gasteiger partial charge is 0.467 e. The van der Waals surface area contributed by atoms with Crippen molar-refractivity contribution in [2.24, 2.45) is 0 Å². The van der Waals surface area contributed by atoms with E-state index in [4.69, 9.17) is 4.42 Å². The summed E-state index contributed by atoms with van der Waals surface area (Å²) in [6.45, 7) is 3.95. The quantitative estimate of drug-likeness (QED) is 0.703. The van der Waals surface area contributed by atoms with Crippen molar-refractivity contribution in [1.82, 2.24) is 16.0 Å². The number of hydrogen-bond acceptors (Lipinski definition) is 3. The van der Waals surface area contributed by atoms with Gasteiger partial charge in [-0.1, -0.05) is 0 Å². The summed E-state index contributed by atoms with van der Waals surface area (Å²) >= 11 is 0. The average Bonchev–Trinajstić information content (AvgIpc) is 2.75. The first-order chi connectivity index (χ1) is 8.08. The van der Waals surface area contributed by atoms with Crippen molar-refractivity contribution in [2.45, 2.75) is 26.4 Å². The van der Waals surface area contributed by atoms with Gasteiger partial charge in [-0.2, -0.15) is 0 Å². The predicted octanol–water partition coefficient (Wildman–Crippen LogP) is 0.603. The minimum absolute atomic E-state index is 0.0428. The minimum atomic E-state index is -0.354. The molecule has 0 saturated heterocycles.